The van der Waals surface area contributed by atoms with E-state index >= 15 is 0 Å². The van der Waals surface area contributed by atoms with Gasteiger partial charge < -0.3 is 19.3 Å². The molecule has 2 aliphatic heterocycles. The highest BCUT2D eigenvalue weighted by atomic mass is 16.5. The number of piperidine rings is 1. The van der Waals surface area contributed by atoms with Gasteiger partial charge >= 0.3 is 0 Å². The summed E-state index contributed by atoms with van der Waals surface area (Å²) in [5, 5.41) is 4.48. The number of imide groups is 1. The average molecular weight is 544 g/mol. The molecule has 3 aromatic carbocycles. The van der Waals surface area contributed by atoms with Crippen LogP contribution in [0.25, 0.3) is 10.8 Å². The second-order valence-corrected chi connectivity index (χ2v) is 10.1. The molecule has 9 nitrogen and oxygen atoms in total. The largest absolute Gasteiger partial charge is 0.491 e. The molecule has 1 unspecified atom stereocenters. The van der Waals surface area contributed by atoms with Crippen molar-refractivity contribution in [3.05, 3.63) is 71.8 Å². The molecule has 4 amide bonds. The second-order valence-electron chi connectivity index (χ2n) is 10.1. The Hall–Kier alpha value is -4.40. The summed E-state index contributed by atoms with van der Waals surface area (Å²) in [5.41, 5.74) is 1.30. The number of nitrogens with zero attached hydrogens (tertiary/aromatic N) is 2. The summed E-state index contributed by atoms with van der Waals surface area (Å²) in [5.74, 6) is 0.139. The summed E-state index contributed by atoms with van der Waals surface area (Å²) in [6.07, 6.45) is 1.23. The van der Waals surface area contributed by atoms with Gasteiger partial charge in [-0.3, -0.25) is 24.5 Å². The van der Waals surface area contributed by atoms with Gasteiger partial charge in [-0.25, -0.2) is 0 Å². The molecule has 1 fully saturated rings. The minimum Gasteiger partial charge on any atom is -0.491 e. The lowest BCUT2D eigenvalue weighted by atomic mass is 10.0. The van der Waals surface area contributed by atoms with Crippen LogP contribution in [0.15, 0.2) is 60.7 Å². The van der Waals surface area contributed by atoms with E-state index in [-0.39, 0.29) is 49.9 Å². The van der Waals surface area contributed by atoms with Crippen molar-refractivity contribution in [2.24, 2.45) is 0 Å². The van der Waals surface area contributed by atoms with Crippen LogP contribution >= 0.6 is 0 Å². The van der Waals surface area contributed by atoms with E-state index in [1.54, 1.807) is 17.0 Å². The highest BCUT2D eigenvalue weighted by Crippen LogP contribution is 2.30. The van der Waals surface area contributed by atoms with Crippen LogP contribution in [0.5, 0.6) is 11.5 Å². The van der Waals surface area contributed by atoms with Crippen molar-refractivity contribution in [1.82, 2.24) is 15.1 Å². The zero-order chi connectivity index (χ0) is 28.2. The smallest absolute Gasteiger partial charge is 0.260 e. The maximum Gasteiger partial charge on any atom is 0.260 e. The molecule has 0 saturated carbocycles. The molecular weight excluding hydrogens is 510 g/mol. The van der Waals surface area contributed by atoms with Crippen LogP contribution in [-0.4, -0.2) is 65.3 Å². The van der Waals surface area contributed by atoms with Crippen LogP contribution < -0.4 is 14.8 Å². The maximum atomic E-state index is 13.1. The molecular formula is C31H33N3O6. The van der Waals surface area contributed by atoms with Crippen molar-refractivity contribution in [2.45, 2.75) is 51.7 Å². The summed E-state index contributed by atoms with van der Waals surface area (Å²) < 4.78 is 11.9. The van der Waals surface area contributed by atoms with Crippen LogP contribution in [0.1, 0.15) is 49.0 Å². The lowest BCUT2D eigenvalue weighted by Crippen LogP contribution is -2.52. The average Bonchev–Trinajstić information content (AvgIpc) is 3.28. The number of carbonyl (C=O) groups is 4. The number of hydrogen-bond acceptors (Lipinski definition) is 6. The number of fused-ring (bicyclic) bond motifs is 2. The third-order valence-corrected chi connectivity index (χ3v) is 7.59. The first-order chi connectivity index (χ1) is 19.4. The van der Waals surface area contributed by atoms with Crippen molar-refractivity contribution in [2.75, 3.05) is 19.8 Å². The van der Waals surface area contributed by atoms with Gasteiger partial charge in [0.15, 0.2) is 6.61 Å². The Bertz CT molecular complexity index is 1450. The van der Waals surface area contributed by atoms with Crippen LogP contribution in [0.2, 0.25) is 0 Å². The lowest BCUT2D eigenvalue weighted by Gasteiger charge is -2.30. The number of ether oxygens (including phenoxy) is 2. The van der Waals surface area contributed by atoms with Gasteiger partial charge in [0.05, 0.1) is 6.04 Å². The fourth-order valence-electron chi connectivity index (χ4n) is 5.38. The van der Waals surface area contributed by atoms with E-state index in [0.29, 0.717) is 36.4 Å². The van der Waals surface area contributed by atoms with Gasteiger partial charge in [-0.05, 0) is 66.4 Å². The summed E-state index contributed by atoms with van der Waals surface area (Å²) in [4.78, 5) is 53.1. The Labute approximate surface area is 233 Å². The molecule has 0 radical (unpaired) electrons. The first-order valence-corrected chi connectivity index (χ1v) is 13.7. The minimum absolute atomic E-state index is 0.0696. The van der Waals surface area contributed by atoms with E-state index in [2.05, 4.69) is 5.32 Å². The van der Waals surface area contributed by atoms with Gasteiger partial charge in [0.25, 0.3) is 11.8 Å². The van der Waals surface area contributed by atoms with Gasteiger partial charge in [-0.1, -0.05) is 37.3 Å². The van der Waals surface area contributed by atoms with Crippen molar-refractivity contribution in [3.63, 3.8) is 0 Å². The van der Waals surface area contributed by atoms with E-state index in [1.165, 1.54) is 4.90 Å². The standard InChI is InChI=1S/C31H33N3O6/c1-3-23(33(4-2)29(36)19-40-24-10-9-20-7-5-6-8-21(20)15-24)18-39-25-11-12-26-22(16-25)17-34(31(26)38)27-13-14-28(35)32-30(27)37/h5-12,15-16,23,27H,3-4,13-14,17-19H2,1-2H3,(H,32,35,37)/t23-,27?/m0/s1. The molecule has 1 saturated heterocycles. The highest BCUT2D eigenvalue weighted by Gasteiger charge is 2.39. The lowest BCUT2D eigenvalue weighted by molar-refractivity contribution is -0.137. The van der Waals surface area contributed by atoms with Crippen LogP contribution in [0.4, 0.5) is 0 Å². The molecule has 0 bridgehead atoms. The number of carbonyl (C=O) groups excluding carboxylic acids is 4. The normalized spacial score (nSPS) is 17.4. The van der Waals surface area contributed by atoms with Crippen molar-refractivity contribution in [3.8, 4) is 11.5 Å². The monoisotopic (exact) mass is 543 g/mol. The fraction of sp³-hybridized carbons (Fsp3) is 0.355. The first kappa shape index (κ1) is 27.2. The van der Waals surface area contributed by atoms with Crippen LogP contribution in [0, 0.1) is 0 Å². The number of rotatable bonds is 10. The Morgan fingerprint density at radius 1 is 1.00 bits per heavy atom. The number of amides is 4. The minimum atomic E-state index is -0.660. The van der Waals surface area contributed by atoms with Gasteiger partial charge in [0.1, 0.15) is 24.1 Å². The van der Waals surface area contributed by atoms with E-state index < -0.39 is 11.9 Å². The Kier molecular flexibility index (Phi) is 8.00. The SMILES string of the molecule is CC[C@@H](COc1ccc2c(c1)CN(C1CCC(=O)NC1=O)C2=O)N(CC)C(=O)COc1ccc2ccccc2c1. The van der Waals surface area contributed by atoms with Crippen LogP contribution in [-0.2, 0) is 20.9 Å². The van der Waals surface area contributed by atoms with Gasteiger partial charge in [0, 0.05) is 25.1 Å². The number of nitrogens with one attached hydrogen (secondary N) is 1. The van der Waals surface area contributed by atoms with E-state index in [9.17, 15) is 19.2 Å². The van der Waals surface area contributed by atoms with Gasteiger partial charge in [-0.15, -0.1) is 0 Å². The summed E-state index contributed by atoms with van der Waals surface area (Å²) in [7, 11) is 0. The molecule has 0 aromatic heterocycles. The summed E-state index contributed by atoms with van der Waals surface area (Å²) in [6.45, 7) is 4.95. The Morgan fingerprint density at radius 3 is 2.50 bits per heavy atom. The molecule has 3 aromatic rings. The highest BCUT2D eigenvalue weighted by molar-refractivity contribution is 6.05. The topological polar surface area (TPSA) is 105 Å². The van der Waals surface area contributed by atoms with Crippen molar-refractivity contribution < 1.29 is 28.7 Å². The predicted molar refractivity (Wildman–Crippen MR) is 149 cm³/mol. The fourth-order valence-corrected chi connectivity index (χ4v) is 5.38. The molecule has 1 N–H and O–H groups in total. The molecule has 2 heterocycles. The van der Waals surface area contributed by atoms with Crippen LogP contribution in [0.3, 0.4) is 0 Å². The predicted octanol–water partition coefficient (Wildman–Crippen LogP) is 3.69. The third-order valence-electron chi connectivity index (χ3n) is 7.59. The molecule has 2 aliphatic rings. The van der Waals surface area contributed by atoms with Crippen molar-refractivity contribution >= 4 is 34.4 Å². The molecule has 0 spiro atoms. The maximum absolute atomic E-state index is 13.1. The molecule has 40 heavy (non-hydrogen) atoms. The molecule has 0 aliphatic carbocycles. The molecule has 9 heteroatoms. The van der Waals surface area contributed by atoms with E-state index in [1.807, 2.05) is 62.4 Å². The second kappa shape index (κ2) is 11.8. The number of benzene rings is 3. The number of hydrogen-bond donors (Lipinski definition) is 1. The van der Waals surface area contributed by atoms with E-state index in [0.717, 1.165) is 16.3 Å². The molecule has 208 valence electrons. The zero-order valence-electron chi connectivity index (χ0n) is 22.7. The zero-order valence-corrected chi connectivity index (χ0v) is 22.7. The summed E-state index contributed by atoms with van der Waals surface area (Å²) >= 11 is 0. The first-order valence-electron chi connectivity index (χ1n) is 13.7. The van der Waals surface area contributed by atoms with E-state index in [4.69, 9.17) is 9.47 Å². The number of likely N-dealkylation sites (N-methyl/N-ethyl adjacent to an activating group) is 1. The molecule has 2 atom stereocenters. The molecule has 5 rings (SSSR count). The van der Waals surface area contributed by atoms with Gasteiger partial charge in [0.2, 0.25) is 11.8 Å². The Balaban J connectivity index is 1.19. The van der Waals surface area contributed by atoms with Gasteiger partial charge in [-0.2, -0.15) is 0 Å². The van der Waals surface area contributed by atoms with Crippen molar-refractivity contribution in [1.29, 1.82) is 0 Å². The Morgan fingerprint density at radius 2 is 1.75 bits per heavy atom. The quantitative estimate of drug-likeness (QED) is 0.391. The third kappa shape index (κ3) is 5.64. The summed E-state index contributed by atoms with van der Waals surface area (Å²) in [6, 6.07) is 18.2.